The van der Waals surface area contributed by atoms with Crippen molar-refractivity contribution < 1.29 is 38.4 Å². The minimum absolute atomic E-state index is 0.00494. The number of aromatic nitrogens is 1. The summed E-state index contributed by atoms with van der Waals surface area (Å²) < 4.78 is 30.7. The van der Waals surface area contributed by atoms with Crippen LogP contribution in [0.5, 0.6) is 28.7 Å². The van der Waals surface area contributed by atoms with Crippen LogP contribution in [0.25, 0.3) is 10.9 Å². The van der Waals surface area contributed by atoms with Crippen LogP contribution in [0.15, 0.2) is 30.3 Å². The van der Waals surface area contributed by atoms with Gasteiger partial charge in [0.05, 0.1) is 36.2 Å². The monoisotopic (exact) mass is 810 g/mol. The van der Waals surface area contributed by atoms with Crippen molar-refractivity contribution in [3.63, 3.8) is 0 Å². The van der Waals surface area contributed by atoms with Gasteiger partial charge in [0, 0.05) is 65.1 Å². The Morgan fingerprint density at radius 1 is 1.14 bits per heavy atom. The molecule has 14 nitrogen and oxygen atoms in total. The Morgan fingerprint density at radius 2 is 1.88 bits per heavy atom. The number of nitrogens with one attached hydrogen (secondary N) is 2. The topological polar surface area (TPSA) is 185 Å². The van der Waals surface area contributed by atoms with Crippen LogP contribution in [0.2, 0.25) is 0 Å². The molecular weight excluding hydrogens is 761 g/mol. The van der Waals surface area contributed by atoms with Crippen molar-refractivity contribution in [3.05, 3.63) is 75.0 Å². The number of phenols is 1. The second kappa shape index (κ2) is 15.0. The van der Waals surface area contributed by atoms with E-state index in [-0.39, 0.29) is 31.6 Å². The van der Waals surface area contributed by atoms with Crippen molar-refractivity contribution in [3.8, 4) is 34.8 Å². The quantitative estimate of drug-likeness (QED) is 0.138. The number of nitriles is 1. The number of aromatic hydroxyl groups is 1. The van der Waals surface area contributed by atoms with E-state index >= 15 is 0 Å². The number of fused-ring (bicyclic) bond motifs is 8. The van der Waals surface area contributed by atoms with Gasteiger partial charge in [-0.3, -0.25) is 15.0 Å². The summed E-state index contributed by atoms with van der Waals surface area (Å²) in [6, 6.07) is 9.68. The first-order valence-corrected chi connectivity index (χ1v) is 20.7. The fourth-order valence-electron chi connectivity index (χ4n) is 10.1. The molecule has 15 heteroatoms. The molecule has 4 aromatic rings. The normalized spacial score (nSPS) is 25.9. The molecule has 1 aromatic heterocycles. The highest BCUT2D eigenvalue weighted by Crippen LogP contribution is 2.62. The van der Waals surface area contributed by atoms with Crippen LogP contribution in [-0.4, -0.2) is 97.4 Å². The van der Waals surface area contributed by atoms with E-state index in [2.05, 4.69) is 21.3 Å². The lowest BCUT2D eigenvalue weighted by molar-refractivity contribution is -0.155. The highest BCUT2D eigenvalue weighted by molar-refractivity contribution is 7.98. The third kappa shape index (κ3) is 5.99. The molecular formula is C43H50N6O8S. The summed E-state index contributed by atoms with van der Waals surface area (Å²) in [4.78, 5) is 35.4. The van der Waals surface area contributed by atoms with Gasteiger partial charge in [0.25, 0.3) is 0 Å². The number of para-hydroxylation sites is 1. The first-order valence-electron chi connectivity index (χ1n) is 19.4. The minimum Gasteiger partial charge on any atom is -0.504 e. The van der Waals surface area contributed by atoms with E-state index in [9.17, 15) is 20.0 Å². The number of benzene rings is 3. The van der Waals surface area contributed by atoms with Gasteiger partial charge in [-0.25, -0.2) is 4.79 Å². The summed E-state index contributed by atoms with van der Waals surface area (Å²) >= 11 is 1.54. The fourth-order valence-corrected chi connectivity index (χ4v) is 11.1. The van der Waals surface area contributed by atoms with Crippen LogP contribution in [0.1, 0.15) is 75.8 Å². The van der Waals surface area contributed by atoms with Crippen molar-refractivity contribution in [1.29, 1.82) is 5.26 Å². The molecule has 5 N–H and O–H groups in total. The maximum Gasteiger partial charge on any atom is 0.332 e. The largest absolute Gasteiger partial charge is 0.504 e. The first-order chi connectivity index (χ1) is 27.8. The zero-order valence-electron chi connectivity index (χ0n) is 34.0. The summed E-state index contributed by atoms with van der Waals surface area (Å²) in [5.41, 5.74) is 11.6. The molecule has 8 rings (SSSR count). The summed E-state index contributed by atoms with van der Waals surface area (Å²) in [7, 11) is 5.40. The van der Waals surface area contributed by atoms with Crippen molar-refractivity contribution in [2.45, 2.75) is 81.5 Å². The van der Waals surface area contributed by atoms with Crippen LogP contribution in [0, 0.1) is 25.2 Å². The molecule has 58 heavy (non-hydrogen) atoms. The number of aromatic amines is 1. The predicted molar refractivity (Wildman–Crippen MR) is 218 cm³/mol. The van der Waals surface area contributed by atoms with Gasteiger partial charge >= 0.3 is 11.9 Å². The number of rotatable bonds is 8. The number of aryl methyl sites for hydroxylation is 1. The molecule has 0 aliphatic carbocycles. The van der Waals surface area contributed by atoms with E-state index in [1.165, 1.54) is 25.8 Å². The maximum absolute atomic E-state index is 14.9. The Hall–Kier alpha value is -4.98. The molecule has 5 heterocycles. The number of phenolic OH excluding ortho intramolecular Hbond substituents is 1. The Kier molecular flexibility index (Phi) is 10.3. The molecule has 7 atom stereocenters. The van der Waals surface area contributed by atoms with E-state index in [1.807, 2.05) is 76.4 Å². The number of nitrogens with two attached hydrogens (primary N) is 1. The van der Waals surface area contributed by atoms with Gasteiger partial charge < -0.3 is 44.4 Å². The lowest BCUT2D eigenvalue weighted by Gasteiger charge is -2.51. The number of ether oxygens (including phenoxy) is 5. The zero-order valence-corrected chi connectivity index (χ0v) is 34.8. The van der Waals surface area contributed by atoms with Crippen molar-refractivity contribution in [1.82, 2.24) is 20.1 Å². The average Bonchev–Trinajstić information content (AvgIpc) is 3.81. The van der Waals surface area contributed by atoms with Gasteiger partial charge in [-0.1, -0.05) is 24.3 Å². The van der Waals surface area contributed by atoms with Gasteiger partial charge in [0.2, 0.25) is 6.79 Å². The van der Waals surface area contributed by atoms with Crippen LogP contribution in [-0.2, 0) is 32.7 Å². The summed E-state index contributed by atoms with van der Waals surface area (Å²) in [6.45, 7) is 6.89. The highest BCUT2D eigenvalue weighted by Gasteiger charge is 2.55. The molecule has 0 spiro atoms. The third-order valence-corrected chi connectivity index (χ3v) is 13.4. The third-order valence-electron chi connectivity index (χ3n) is 12.4. The molecule has 0 unspecified atom stereocenters. The Morgan fingerprint density at radius 3 is 2.55 bits per heavy atom. The van der Waals surface area contributed by atoms with Gasteiger partial charge in [0.15, 0.2) is 28.5 Å². The van der Waals surface area contributed by atoms with E-state index in [0.717, 1.165) is 27.6 Å². The van der Waals surface area contributed by atoms with Crippen molar-refractivity contribution in [2.75, 3.05) is 47.4 Å². The van der Waals surface area contributed by atoms with E-state index < -0.39 is 46.9 Å². The number of methoxy groups -OCH3 is 1. The number of thioether (sulfide) groups is 1. The zero-order chi connectivity index (χ0) is 41.4. The van der Waals surface area contributed by atoms with Gasteiger partial charge in [-0.15, -0.1) is 0 Å². The molecule has 4 aliphatic heterocycles. The summed E-state index contributed by atoms with van der Waals surface area (Å²) in [6.07, 6.45) is 2.86. The molecule has 306 valence electrons. The van der Waals surface area contributed by atoms with E-state index in [0.29, 0.717) is 63.9 Å². The van der Waals surface area contributed by atoms with E-state index in [4.69, 9.17) is 29.4 Å². The number of H-pyrrole nitrogens is 1. The smallest absolute Gasteiger partial charge is 0.332 e. The Labute approximate surface area is 341 Å². The second-order valence-corrected chi connectivity index (χ2v) is 17.0. The van der Waals surface area contributed by atoms with Gasteiger partial charge in [-0.2, -0.15) is 17.0 Å². The van der Waals surface area contributed by atoms with Crippen molar-refractivity contribution in [2.24, 2.45) is 5.73 Å². The number of nitrogens with zero attached hydrogens (tertiary/aromatic N) is 3. The van der Waals surface area contributed by atoms with Gasteiger partial charge in [0.1, 0.15) is 18.4 Å². The Balaban J connectivity index is 1.34. The summed E-state index contributed by atoms with van der Waals surface area (Å²) in [5.74, 6) is 0.521. The number of esters is 2. The van der Waals surface area contributed by atoms with Crippen molar-refractivity contribution >= 4 is 34.6 Å². The molecule has 0 fully saturated rings. The SMILES string of the molecule is COc1c(C)cc2c(c1O)[C@H](N(C)C)[C@@H]1[C@H](SC)c3c(OC(C)=O)c(C)c4c(c3[C@H](COC(=O)[C@]3(C)N[C@H](CN)Cc5c3[nH]c3ccccc53)N1[C@@H](C#N)C2)OCO4. The highest BCUT2D eigenvalue weighted by atomic mass is 32.2. The Bertz CT molecular complexity index is 2370. The summed E-state index contributed by atoms with van der Waals surface area (Å²) in [5, 5.41) is 27.3. The lowest BCUT2D eigenvalue weighted by Crippen LogP contribution is -2.59. The van der Waals surface area contributed by atoms with E-state index in [1.54, 1.807) is 0 Å². The number of hydrogen-bond donors (Lipinski definition) is 4. The number of likely N-dealkylation sites (N-methyl/N-ethyl adjacent to an activating group) is 1. The van der Waals surface area contributed by atoms with Gasteiger partial charge in [-0.05, 0) is 70.3 Å². The number of carbonyl (C=O) groups excluding carboxylic acids is 2. The predicted octanol–water partition coefficient (Wildman–Crippen LogP) is 4.97. The van der Waals surface area contributed by atoms with Crippen LogP contribution < -0.4 is 30.0 Å². The second-order valence-electron chi connectivity index (χ2n) is 16.0. The molecule has 0 bridgehead atoms. The first kappa shape index (κ1) is 39.8. The van der Waals surface area contributed by atoms with Crippen LogP contribution in [0.3, 0.4) is 0 Å². The molecule has 0 saturated carbocycles. The average molecular weight is 811 g/mol. The molecule has 0 radical (unpaired) electrons. The number of carbonyl (C=O) groups is 2. The number of hydrogen-bond acceptors (Lipinski definition) is 14. The van der Waals surface area contributed by atoms with Crippen LogP contribution in [0.4, 0.5) is 0 Å². The minimum atomic E-state index is -1.30. The maximum atomic E-state index is 14.9. The lowest BCUT2D eigenvalue weighted by atomic mass is 9.80. The molecule has 0 amide bonds. The standard InChI is InChI=1S/C43H50N6O8S/c1-20-13-23-14-25(17-45)49-29(18-54-42(52)43(4)41-27(15-24(16-44)47-43)26-11-9-10-12-28(26)46-41)31-32(37(57-22(3)50)21(2)38-39(31)56-19-55-38)40(58-8)34(49)33(48(5)6)30(23)35(51)36(20)53-7/h9-13,24-25,29,33-34,40,46-47,51H,14-16,18-19,44H2,1-8H3/t24-,25+,29-,33-,34+,40+,43+/m0/s1. The molecule has 0 saturated heterocycles. The molecule has 3 aromatic carbocycles. The molecule has 4 aliphatic rings. The fraction of sp³-hybridized carbons (Fsp3) is 0.465. The van der Waals surface area contributed by atoms with Crippen LogP contribution >= 0.6 is 11.8 Å².